The fourth-order valence-electron chi connectivity index (χ4n) is 3.42. The average Bonchev–Trinajstić information content (AvgIpc) is 3.14. The van der Waals surface area contributed by atoms with Gasteiger partial charge in [0.05, 0.1) is 24.3 Å². The molecule has 0 saturated carbocycles. The lowest BCUT2D eigenvalue weighted by Crippen LogP contribution is -2.57. The van der Waals surface area contributed by atoms with Gasteiger partial charge in [0.25, 0.3) is 10.0 Å². The molecule has 0 saturated heterocycles. The maximum atomic E-state index is 13.0. The van der Waals surface area contributed by atoms with Crippen molar-refractivity contribution in [1.29, 1.82) is 0 Å². The Kier molecular flexibility index (Phi) is 5.14. The van der Waals surface area contributed by atoms with Crippen LogP contribution < -0.4 is 4.72 Å². The molecule has 1 aliphatic heterocycles. The number of urea groups is 1. The van der Waals surface area contributed by atoms with Crippen molar-refractivity contribution in [3.8, 4) is 10.6 Å². The van der Waals surface area contributed by atoms with Crippen LogP contribution in [0.15, 0.2) is 42.5 Å². The van der Waals surface area contributed by atoms with Crippen LogP contribution in [0.1, 0.15) is 12.5 Å². The molecule has 0 fully saturated rings. The predicted octanol–water partition coefficient (Wildman–Crippen LogP) is 3.08. The highest BCUT2D eigenvalue weighted by atomic mass is 32.2. The van der Waals surface area contributed by atoms with E-state index < -0.39 is 27.2 Å². The molecule has 4 rings (SSSR count). The van der Waals surface area contributed by atoms with Gasteiger partial charge in [-0.3, -0.25) is 4.72 Å². The van der Waals surface area contributed by atoms with E-state index in [0.29, 0.717) is 5.69 Å². The first kappa shape index (κ1) is 21.1. The largest absolute Gasteiger partial charge is 0.500 e. The topological polar surface area (TPSA) is 99.5 Å². The van der Waals surface area contributed by atoms with Gasteiger partial charge in [-0.05, 0) is 55.8 Å². The number of sulfonamides is 1. The first-order valence-electron chi connectivity index (χ1n) is 9.46. The van der Waals surface area contributed by atoms with Crippen molar-refractivity contribution < 1.29 is 22.6 Å². The van der Waals surface area contributed by atoms with Gasteiger partial charge in [-0.25, -0.2) is 18.2 Å². The van der Waals surface area contributed by atoms with Crippen LogP contribution in [0, 0.1) is 6.92 Å². The van der Waals surface area contributed by atoms with Crippen molar-refractivity contribution >= 4 is 54.9 Å². The van der Waals surface area contributed by atoms with E-state index in [-0.39, 0.29) is 5.71 Å². The quantitative estimate of drug-likeness (QED) is 0.607. The molecule has 0 spiro atoms. The van der Waals surface area contributed by atoms with E-state index in [2.05, 4.69) is 15.8 Å². The molecule has 160 valence electrons. The van der Waals surface area contributed by atoms with Crippen molar-refractivity contribution in [2.75, 3.05) is 18.8 Å². The zero-order chi connectivity index (χ0) is 22.5. The summed E-state index contributed by atoms with van der Waals surface area (Å²) in [5.41, 5.74) is 3.42. The minimum Gasteiger partial charge on any atom is -0.282 e. The second-order valence-corrected chi connectivity index (χ2v) is 10.3. The third kappa shape index (κ3) is 3.72. The van der Waals surface area contributed by atoms with Crippen LogP contribution in [0.3, 0.4) is 0 Å². The van der Waals surface area contributed by atoms with Crippen molar-refractivity contribution in [2.24, 2.45) is 0 Å². The molecular weight excluding hydrogens is 436 g/mol. The molecule has 1 aliphatic rings. The van der Waals surface area contributed by atoms with Crippen molar-refractivity contribution in [1.82, 2.24) is 9.88 Å². The number of nitrogens with zero attached hydrogens (tertiary/aromatic N) is 3. The molecule has 31 heavy (non-hydrogen) atoms. The summed E-state index contributed by atoms with van der Waals surface area (Å²) < 4.78 is 30.6. The standard InChI is InChI=1S/C21H21N4O4S2/c1-12-5-10-16-17(11-12)30-19(22-16)14-6-8-15(9-7-14)23-31(28,29)18-13(2)24(3)21(27)25(4)20(18)26/h5-11,18,23H,1-4H3/q+1. The number of hydrogen-bond donors (Lipinski definition) is 1. The minimum absolute atomic E-state index is 0.155. The molecule has 2 heterocycles. The summed E-state index contributed by atoms with van der Waals surface area (Å²) in [7, 11) is -1.40. The summed E-state index contributed by atoms with van der Waals surface area (Å²) in [5, 5.41) is -0.643. The number of thiazole rings is 1. The van der Waals surface area contributed by atoms with E-state index >= 15 is 0 Å². The zero-order valence-electron chi connectivity index (χ0n) is 17.4. The number of imide groups is 1. The Morgan fingerprint density at radius 3 is 2.45 bits per heavy atom. The number of nitrogens with one attached hydrogen (secondary N) is 1. The number of carbonyl (C=O) groups excluding carboxylic acids is 2. The molecule has 8 nitrogen and oxygen atoms in total. The van der Waals surface area contributed by atoms with Crippen molar-refractivity contribution in [3.05, 3.63) is 48.0 Å². The number of hydrogen-bond acceptors (Lipinski definition) is 6. The Labute approximate surface area is 183 Å². The summed E-state index contributed by atoms with van der Waals surface area (Å²) in [4.78, 5) is 30.0. The molecule has 1 aromatic heterocycles. The number of benzene rings is 2. The highest BCUT2D eigenvalue weighted by molar-refractivity contribution is 7.94. The normalized spacial score (nSPS) is 17.5. The minimum atomic E-state index is -4.11. The van der Waals surface area contributed by atoms with Gasteiger partial charge in [0.15, 0.2) is 0 Å². The van der Waals surface area contributed by atoms with Gasteiger partial charge in [-0.15, -0.1) is 11.3 Å². The summed E-state index contributed by atoms with van der Waals surface area (Å²) in [6, 6.07) is 12.3. The molecular formula is C21H21N4O4S2+. The van der Waals surface area contributed by atoms with Crippen molar-refractivity contribution in [3.63, 3.8) is 0 Å². The Morgan fingerprint density at radius 1 is 1.10 bits per heavy atom. The fraction of sp³-hybridized carbons (Fsp3) is 0.238. The summed E-state index contributed by atoms with van der Waals surface area (Å²) in [5.74, 6) is -0.783. The van der Waals surface area contributed by atoms with E-state index in [9.17, 15) is 18.0 Å². The molecule has 0 bridgehead atoms. The van der Waals surface area contributed by atoms with Crippen molar-refractivity contribution in [2.45, 2.75) is 19.1 Å². The number of fused-ring (bicyclic) bond motifs is 1. The summed E-state index contributed by atoms with van der Waals surface area (Å²) in [6.07, 6.45) is 0. The number of carbonyl (C=O) groups is 2. The van der Waals surface area contributed by atoms with Gasteiger partial charge < -0.3 is 0 Å². The Morgan fingerprint density at radius 2 is 1.77 bits per heavy atom. The molecule has 0 radical (unpaired) electrons. The van der Waals surface area contributed by atoms with Gasteiger partial charge in [-0.2, -0.15) is 14.3 Å². The molecule has 1 atom stereocenters. The second kappa shape index (κ2) is 7.54. The maximum Gasteiger partial charge on any atom is 0.500 e. The number of aryl methyl sites for hydroxylation is 1. The third-order valence-corrected chi connectivity index (χ3v) is 8.03. The van der Waals surface area contributed by atoms with E-state index in [1.807, 2.05) is 19.1 Å². The average molecular weight is 458 g/mol. The molecule has 0 aliphatic carbocycles. The van der Waals surface area contributed by atoms with Crippen LogP contribution in [0.2, 0.25) is 0 Å². The van der Waals surface area contributed by atoms with Crippen LogP contribution in [-0.2, 0) is 14.8 Å². The Bertz CT molecular complexity index is 1360. The molecule has 3 aromatic rings. The van der Waals surface area contributed by atoms with E-state index in [4.69, 9.17) is 0 Å². The molecule has 1 N–H and O–H groups in total. The first-order chi connectivity index (χ1) is 14.6. The summed E-state index contributed by atoms with van der Waals surface area (Å²) >= 11 is 1.57. The molecule has 3 amide bonds. The second-order valence-electron chi connectivity index (χ2n) is 7.47. The van der Waals surface area contributed by atoms with Gasteiger partial charge in [-0.1, -0.05) is 6.07 Å². The van der Waals surface area contributed by atoms with E-state index in [0.717, 1.165) is 31.3 Å². The van der Waals surface area contributed by atoms with E-state index in [1.165, 1.54) is 25.6 Å². The highest BCUT2D eigenvalue weighted by Gasteiger charge is 2.50. The molecule has 10 heteroatoms. The predicted molar refractivity (Wildman–Crippen MR) is 121 cm³/mol. The smallest absolute Gasteiger partial charge is 0.282 e. The van der Waals surface area contributed by atoms with Crippen LogP contribution in [0.4, 0.5) is 10.5 Å². The van der Waals surface area contributed by atoms with E-state index in [1.54, 1.807) is 35.6 Å². The lowest BCUT2D eigenvalue weighted by Gasteiger charge is -2.23. The Balaban J connectivity index is 1.61. The van der Waals surface area contributed by atoms with Crippen LogP contribution >= 0.6 is 11.3 Å². The number of rotatable bonds is 4. The SMILES string of the molecule is CC1=[N+](C)C(=O)N(C)C(=O)C1S(=O)(=O)Nc1ccc(-c2nc3ccc(C)cc3s2)cc1. The summed E-state index contributed by atoms with van der Waals surface area (Å²) in [6.45, 7) is 3.49. The first-order valence-corrected chi connectivity index (χ1v) is 11.8. The monoisotopic (exact) mass is 457 g/mol. The Hall–Kier alpha value is -3.11. The third-order valence-electron chi connectivity index (χ3n) is 5.28. The van der Waals surface area contributed by atoms with Gasteiger partial charge in [0, 0.05) is 11.3 Å². The fourth-order valence-corrected chi connectivity index (χ4v) is 6.10. The van der Waals surface area contributed by atoms with Gasteiger partial charge in [0.2, 0.25) is 5.25 Å². The van der Waals surface area contributed by atoms with Gasteiger partial charge >= 0.3 is 11.9 Å². The number of amides is 3. The van der Waals surface area contributed by atoms with Crippen LogP contribution in [0.5, 0.6) is 0 Å². The highest BCUT2D eigenvalue weighted by Crippen LogP contribution is 2.31. The van der Waals surface area contributed by atoms with Gasteiger partial charge in [0.1, 0.15) is 10.7 Å². The zero-order valence-corrected chi connectivity index (χ0v) is 19.0. The molecule has 2 aromatic carbocycles. The molecule has 1 unspecified atom stereocenters. The lowest BCUT2D eigenvalue weighted by molar-refractivity contribution is -0.405. The van der Waals surface area contributed by atoms with Crippen LogP contribution in [-0.4, -0.2) is 59.9 Å². The number of anilines is 1. The lowest BCUT2D eigenvalue weighted by atomic mass is 10.2. The van der Waals surface area contributed by atoms with Crippen LogP contribution in [0.25, 0.3) is 20.8 Å². The number of aromatic nitrogens is 1. The maximum absolute atomic E-state index is 13.0.